The van der Waals surface area contributed by atoms with E-state index >= 15 is 0 Å². The van der Waals surface area contributed by atoms with Crippen LogP contribution in [0.2, 0.25) is 0 Å². The fraction of sp³-hybridized carbons (Fsp3) is 0.750. The van der Waals surface area contributed by atoms with Gasteiger partial charge < -0.3 is 0 Å². The monoisotopic (exact) mass is 224 g/mol. The van der Waals surface area contributed by atoms with Crippen molar-refractivity contribution < 1.29 is 22.2 Å². The second kappa shape index (κ2) is 2.93. The van der Waals surface area contributed by atoms with Crippen molar-refractivity contribution in [1.82, 2.24) is 10.3 Å². The molecule has 15 heavy (non-hydrogen) atoms. The number of aryl methyl sites for hydroxylation is 1. The number of H-pyrrole nitrogens is 1. The van der Waals surface area contributed by atoms with Gasteiger partial charge in [0.25, 0.3) is 0 Å². The SMILES string of the molecule is Cc1c[n+](CC2CC(F)(F)C2(F)F)[nH]n1. The van der Waals surface area contributed by atoms with Crippen molar-refractivity contribution in [3.63, 3.8) is 0 Å². The predicted molar refractivity (Wildman–Crippen MR) is 41.5 cm³/mol. The van der Waals surface area contributed by atoms with E-state index in [4.69, 9.17) is 0 Å². The second-order valence-corrected chi connectivity index (χ2v) is 3.86. The zero-order valence-corrected chi connectivity index (χ0v) is 7.98. The third-order valence-corrected chi connectivity index (χ3v) is 2.62. The maximum atomic E-state index is 12.9. The molecule has 1 aromatic heterocycles. The van der Waals surface area contributed by atoms with Crippen LogP contribution in [0.4, 0.5) is 17.6 Å². The van der Waals surface area contributed by atoms with E-state index in [-0.39, 0.29) is 6.54 Å². The average Bonchev–Trinajstić information content (AvgIpc) is 2.50. The molecule has 3 nitrogen and oxygen atoms in total. The maximum absolute atomic E-state index is 12.9. The molecule has 1 unspecified atom stereocenters. The van der Waals surface area contributed by atoms with Crippen molar-refractivity contribution >= 4 is 0 Å². The van der Waals surface area contributed by atoms with Crippen LogP contribution in [0.5, 0.6) is 0 Å². The largest absolute Gasteiger partial charge is 0.317 e. The van der Waals surface area contributed by atoms with Gasteiger partial charge in [0.05, 0.1) is 5.92 Å². The van der Waals surface area contributed by atoms with Crippen molar-refractivity contribution in [2.24, 2.45) is 5.92 Å². The minimum absolute atomic E-state index is 0.163. The summed E-state index contributed by atoms with van der Waals surface area (Å²) in [6.45, 7) is 1.52. The van der Waals surface area contributed by atoms with E-state index in [1.54, 1.807) is 6.92 Å². The Morgan fingerprint density at radius 1 is 1.53 bits per heavy atom. The van der Waals surface area contributed by atoms with Crippen molar-refractivity contribution in [3.05, 3.63) is 11.9 Å². The van der Waals surface area contributed by atoms with Gasteiger partial charge in [-0.2, -0.15) is 22.2 Å². The standard InChI is InChI=1S/C8H9F4N3/c1-5-3-15(14-13-5)4-6-2-7(9,10)8(6,11)12/h3,6H,2,4H2,1H3/p+1. The number of hydrogen-bond donors (Lipinski definition) is 1. The van der Waals surface area contributed by atoms with Gasteiger partial charge in [-0.25, -0.2) is 0 Å². The molecule has 84 valence electrons. The zero-order chi connectivity index (χ0) is 11.3. The molecule has 2 rings (SSSR count). The van der Waals surface area contributed by atoms with Gasteiger partial charge in [0.15, 0.2) is 6.20 Å². The molecule has 0 spiro atoms. The molecule has 0 radical (unpaired) electrons. The summed E-state index contributed by atoms with van der Waals surface area (Å²) in [6.07, 6.45) is 0.734. The second-order valence-electron chi connectivity index (χ2n) is 3.86. The highest BCUT2D eigenvalue weighted by Gasteiger charge is 2.72. The van der Waals surface area contributed by atoms with Gasteiger partial charge in [0.1, 0.15) is 6.54 Å². The summed E-state index contributed by atoms with van der Waals surface area (Å²) >= 11 is 0. The first-order valence-corrected chi connectivity index (χ1v) is 4.50. The molecule has 0 saturated heterocycles. The van der Waals surface area contributed by atoms with Gasteiger partial charge >= 0.3 is 11.8 Å². The fourth-order valence-electron chi connectivity index (χ4n) is 1.68. The number of hydrogen-bond acceptors (Lipinski definition) is 1. The van der Waals surface area contributed by atoms with E-state index in [1.807, 2.05) is 0 Å². The summed E-state index contributed by atoms with van der Waals surface area (Å²) in [4.78, 5) is 0. The van der Waals surface area contributed by atoms with Gasteiger partial charge in [-0.15, -0.1) is 0 Å². The molecule has 1 fully saturated rings. The van der Waals surface area contributed by atoms with E-state index in [2.05, 4.69) is 10.3 Å². The summed E-state index contributed by atoms with van der Waals surface area (Å²) in [5.74, 6) is -9.08. The Bertz CT molecular complexity index is 374. The normalized spacial score (nSPS) is 27.4. The number of nitrogens with zero attached hydrogens (tertiary/aromatic N) is 2. The molecule has 0 amide bonds. The first-order valence-electron chi connectivity index (χ1n) is 4.50. The quantitative estimate of drug-likeness (QED) is 0.596. The molecule has 1 aromatic rings. The first-order chi connectivity index (χ1) is 6.83. The van der Waals surface area contributed by atoms with Gasteiger partial charge in [0, 0.05) is 18.4 Å². The number of rotatable bonds is 2. The molecule has 1 saturated carbocycles. The summed E-state index contributed by atoms with van der Waals surface area (Å²) in [5, 5.41) is 6.18. The number of alkyl halides is 4. The van der Waals surface area contributed by atoms with Crippen LogP contribution in [0.25, 0.3) is 0 Å². The molecule has 1 aliphatic rings. The Kier molecular flexibility index (Phi) is 2.03. The zero-order valence-electron chi connectivity index (χ0n) is 7.98. The van der Waals surface area contributed by atoms with Crippen LogP contribution < -0.4 is 4.68 Å². The Balaban J connectivity index is 2.04. The van der Waals surface area contributed by atoms with E-state index < -0.39 is 24.2 Å². The third-order valence-electron chi connectivity index (χ3n) is 2.62. The van der Waals surface area contributed by atoms with Crippen LogP contribution in [0, 0.1) is 12.8 Å². The lowest BCUT2D eigenvalue weighted by atomic mass is 9.77. The lowest BCUT2D eigenvalue weighted by Crippen LogP contribution is -2.62. The molecule has 7 heteroatoms. The number of nitrogens with one attached hydrogen (secondary N) is 1. The summed E-state index contributed by atoms with van der Waals surface area (Å²) in [5.41, 5.74) is 0.629. The fourth-order valence-corrected chi connectivity index (χ4v) is 1.68. The molecule has 1 atom stereocenters. The predicted octanol–water partition coefficient (Wildman–Crippen LogP) is 1.30. The lowest BCUT2D eigenvalue weighted by Gasteiger charge is -2.42. The van der Waals surface area contributed by atoms with Gasteiger partial charge in [-0.3, -0.25) is 0 Å². The smallest absolute Gasteiger partial charge is 0.200 e. The van der Waals surface area contributed by atoms with Gasteiger partial charge in [0.2, 0.25) is 5.69 Å². The highest BCUT2D eigenvalue weighted by atomic mass is 19.3. The summed E-state index contributed by atoms with van der Waals surface area (Å²) < 4.78 is 52.0. The number of aromatic nitrogens is 3. The topological polar surface area (TPSA) is 32.6 Å². The third kappa shape index (κ3) is 1.49. The van der Waals surface area contributed by atoms with Crippen molar-refractivity contribution in [2.45, 2.75) is 31.7 Å². The van der Waals surface area contributed by atoms with Gasteiger partial charge in [-0.05, 0) is 0 Å². The van der Waals surface area contributed by atoms with E-state index in [1.165, 1.54) is 10.9 Å². The van der Waals surface area contributed by atoms with Gasteiger partial charge in [-0.1, -0.05) is 5.21 Å². The van der Waals surface area contributed by atoms with Crippen molar-refractivity contribution in [1.29, 1.82) is 0 Å². The summed E-state index contributed by atoms with van der Waals surface area (Å²) in [6, 6.07) is 0. The first kappa shape index (κ1) is 10.4. The van der Waals surface area contributed by atoms with Crippen LogP contribution in [-0.2, 0) is 6.54 Å². The molecule has 1 N–H and O–H groups in total. The van der Waals surface area contributed by atoms with Crippen LogP contribution in [0.3, 0.4) is 0 Å². The minimum Gasteiger partial charge on any atom is -0.200 e. The molecular weight excluding hydrogens is 214 g/mol. The van der Waals surface area contributed by atoms with Crippen LogP contribution in [0.15, 0.2) is 6.20 Å². The van der Waals surface area contributed by atoms with E-state index in [0.717, 1.165) is 0 Å². The molecule has 0 aromatic carbocycles. The average molecular weight is 224 g/mol. The molecule has 1 aliphatic carbocycles. The van der Waals surface area contributed by atoms with Crippen LogP contribution >= 0.6 is 0 Å². The molecule has 1 heterocycles. The van der Waals surface area contributed by atoms with E-state index in [9.17, 15) is 17.6 Å². The highest BCUT2D eigenvalue weighted by molar-refractivity contribution is 5.01. The Morgan fingerprint density at radius 2 is 2.20 bits per heavy atom. The van der Waals surface area contributed by atoms with E-state index in [0.29, 0.717) is 5.69 Å². The Morgan fingerprint density at radius 3 is 2.60 bits per heavy atom. The minimum atomic E-state index is -3.90. The highest BCUT2D eigenvalue weighted by Crippen LogP contribution is 2.55. The lowest BCUT2D eigenvalue weighted by molar-refractivity contribution is -0.765. The molecule has 0 bridgehead atoms. The molecule has 0 aliphatic heterocycles. The maximum Gasteiger partial charge on any atom is 0.317 e. The van der Waals surface area contributed by atoms with Crippen LogP contribution in [-0.4, -0.2) is 22.2 Å². The Hall–Kier alpha value is -1.14. The van der Waals surface area contributed by atoms with Crippen LogP contribution in [0.1, 0.15) is 12.1 Å². The Labute approximate surface area is 83.1 Å². The number of halogens is 4. The molecular formula is C8H10F4N3+. The summed E-state index contributed by atoms with van der Waals surface area (Å²) in [7, 11) is 0. The number of aromatic amines is 1. The van der Waals surface area contributed by atoms with Crippen molar-refractivity contribution in [3.8, 4) is 0 Å². The van der Waals surface area contributed by atoms with Crippen molar-refractivity contribution in [2.75, 3.05) is 0 Å².